The van der Waals surface area contributed by atoms with Crippen molar-refractivity contribution >= 4 is 12.0 Å². The fourth-order valence-corrected chi connectivity index (χ4v) is 4.04. The van der Waals surface area contributed by atoms with Gasteiger partial charge in [0.1, 0.15) is 6.29 Å². The first-order valence-corrected chi connectivity index (χ1v) is 10.9. The topological polar surface area (TPSA) is 46.1 Å². The van der Waals surface area contributed by atoms with E-state index in [0.29, 0.717) is 17.8 Å². The molecule has 4 heteroatoms. The van der Waals surface area contributed by atoms with E-state index >= 15 is 0 Å². The Hall–Kier alpha value is -2.23. The maximum atomic E-state index is 11.4. The molecule has 1 aliphatic rings. The van der Waals surface area contributed by atoms with Crippen molar-refractivity contribution in [1.29, 1.82) is 0 Å². The third-order valence-corrected chi connectivity index (χ3v) is 6.20. The number of carbonyl (C=O) groups is 1. The number of carbonyl (C=O) groups excluding carboxylic acids is 1. The van der Waals surface area contributed by atoms with Crippen molar-refractivity contribution in [3.8, 4) is 11.1 Å². The van der Waals surface area contributed by atoms with Crippen LogP contribution in [0, 0.1) is 18.3 Å². The molecule has 0 atom stereocenters. The summed E-state index contributed by atoms with van der Waals surface area (Å²) in [5.74, 6) is 0.679. The van der Waals surface area contributed by atoms with Gasteiger partial charge in [-0.15, -0.1) is 0 Å². The lowest BCUT2D eigenvalue weighted by Crippen LogP contribution is -2.38. The Morgan fingerprint density at radius 2 is 1.86 bits per heavy atom. The van der Waals surface area contributed by atoms with Crippen LogP contribution in [0.5, 0.6) is 0 Å². The van der Waals surface area contributed by atoms with Crippen molar-refractivity contribution in [2.75, 3.05) is 18.0 Å². The van der Waals surface area contributed by atoms with E-state index < -0.39 is 0 Å². The third-order valence-electron chi connectivity index (χ3n) is 6.20. The number of hydrogen-bond acceptors (Lipinski definition) is 4. The van der Waals surface area contributed by atoms with Gasteiger partial charge in [0.2, 0.25) is 0 Å². The van der Waals surface area contributed by atoms with Gasteiger partial charge >= 0.3 is 0 Å². The van der Waals surface area contributed by atoms with E-state index in [4.69, 9.17) is 4.98 Å². The Balaban J connectivity index is 1.98. The van der Waals surface area contributed by atoms with Crippen LogP contribution < -0.4 is 4.90 Å². The molecule has 156 valence electrons. The minimum absolute atomic E-state index is 0.378. The predicted octanol–water partition coefficient (Wildman–Crippen LogP) is 5.41. The van der Waals surface area contributed by atoms with Crippen molar-refractivity contribution in [3.05, 3.63) is 41.5 Å². The van der Waals surface area contributed by atoms with E-state index in [2.05, 4.69) is 49.7 Å². The highest BCUT2D eigenvalue weighted by molar-refractivity contribution is 5.82. The lowest BCUT2D eigenvalue weighted by molar-refractivity contribution is -0.107. The summed E-state index contributed by atoms with van der Waals surface area (Å²) < 4.78 is 0. The first-order chi connectivity index (χ1) is 13.8. The van der Waals surface area contributed by atoms with E-state index in [1.165, 1.54) is 5.69 Å². The highest BCUT2D eigenvalue weighted by atomic mass is 16.1. The summed E-state index contributed by atoms with van der Waals surface area (Å²) in [7, 11) is 0. The highest BCUT2D eigenvalue weighted by Crippen LogP contribution is 2.39. The molecule has 4 nitrogen and oxygen atoms in total. The molecule has 0 aromatic carbocycles. The number of aryl methyl sites for hydroxylation is 2. The van der Waals surface area contributed by atoms with Gasteiger partial charge in [-0.3, -0.25) is 9.97 Å². The zero-order valence-electron chi connectivity index (χ0n) is 18.7. The predicted molar refractivity (Wildman–Crippen MR) is 120 cm³/mol. The van der Waals surface area contributed by atoms with Gasteiger partial charge in [-0.05, 0) is 50.0 Å². The van der Waals surface area contributed by atoms with Crippen LogP contribution >= 0.6 is 0 Å². The molecule has 0 bridgehead atoms. The highest BCUT2D eigenvalue weighted by Gasteiger charge is 2.28. The number of nitrogens with zero attached hydrogens (tertiary/aromatic N) is 3. The molecule has 0 unspecified atom stereocenters. The normalized spacial score (nSPS) is 16.3. The third kappa shape index (κ3) is 5.23. The monoisotopic (exact) mass is 393 g/mol. The molecule has 0 N–H and O–H groups in total. The van der Waals surface area contributed by atoms with Crippen LogP contribution in [-0.2, 0) is 17.6 Å². The Kier molecular flexibility index (Phi) is 6.71. The number of hydrogen-bond donors (Lipinski definition) is 0. The van der Waals surface area contributed by atoms with Crippen LogP contribution in [0.25, 0.3) is 11.1 Å². The van der Waals surface area contributed by atoms with E-state index in [1.54, 1.807) is 0 Å². The Morgan fingerprint density at radius 3 is 2.45 bits per heavy atom. The quantitative estimate of drug-likeness (QED) is 0.590. The molecule has 3 heterocycles. The lowest BCUT2D eigenvalue weighted by Gasteiger charge is -2.40. The summed E-state index contributed by atoms with van der Waals surface area (Å²) in [4.78, 5) is 23.2. The second-order valence-electron chi connectivity index (χ2n) is 9.58. The summed E-state index contributed by atoms with van der Waals surface area (Å²) in [5.41, 5.74) is 6.87. The SMILES string of the molecule is Cc1ncc(-c2ccc(CCC(C)C)nc2)c(N2CCC(C)(C)CC2)c1CC=O. The lowest BCUT2D eigenvalue weighted by atomic mass is 9.82. The Bertz CT molecular complexity index is 830. The van der Waals surface area contributed by atoms with Crippen LogP contribution in [0.4, 0.5) is 5.69 Å². The maximum absolute atomic E-state index is 11.4. The molecule has 29 heavy (non-hydrogen) atoms. The van der Waals surface area contributed by atoms with Gasteiger partial charge in [-0.2, -0.15) is 0 Å². The van der Waals surface area contributed by atoms with Gasteiger partial charge < -0.3 is 9.69 Å². The smallest absolute Gasteiger partial charge is 0.124 e. The van der Waals surface area contributed by atoms with Crippen molar-refractivity contribution < 1.29 is 4.79 Å². The van der Waals surface area contributed by atoms with E-state index in [1.807, 2.05) is 19.3 Å². The molecule has 1 aliphatic heterocycles. The fraction of sp³-hybridized carbons (Fsp3) is 0.560. The molecule has 0 radical (unpaired) electrons. The van der Waals surface area contributed by atoms with Crippen LogP contribution in [0.3, 0.4) is 0 Å². The van der Waals surface area contributed by atoms with Crippen LogP contribution in [0.2, 0.25) is 0 Å². The number of rotatable bonds is 7. The molecule has 1 fully saturated rings. The van der Waals surface area contributed by atoms with E-state index in [-0.39, 0.29) is 0 Å². The largest absolute Gasteiger partial charge is 0.371 e. The molecule has 0 aliphatic carbocycles. The summed E-state index contributed by atoms with van der Waals surface area (Å²) in [6, 6.07) is 4.30. The molecule has 0 saturated carbocycles. The molecular weight excluding hydrogens is 358 g/mol. The summed E-state index contributed by atoms with van der Waals surface area (Å²) in [6.07, 6.45) is 9.81. The molecular formula is C25H35N3O. The molecule has 2 aromatic heterocycles. The number of anilines is 1. The van der Waals surface area contributed by atoms with Crippen molar-refractivity contribution in [1.82, 2.24) is 9.97 Å². The molecule has 3 rings (SSSR count). The van der Waals surface area contributed by atoms with E-state index in [0.717, 1.165) is 73.1 Å². The van der Waals surface area contributed by atoms with Crippen LogP contribution in [0.15, 0.2) is 24.5 Å². The van der Waals surface area contributed by atoms with Gasteiger partial charge in [0, 0.05) is 60.0 Å². The molecule has 1 saturated heterocycles. The average Bonchev–Trinajstić information content (AvgIpc) is 2.69. The van der Waals surface area contributed by atoms with Crippen molar-refractivity contribution in [2.45, 2.75) is 66.7 Å². The van der Waals surface area contributed by atoms with Gasteiger partial charge in [0.05, 0.1) is 5.69 Å². The molecule has 0 spiro atoms. The van der Waals surface area contributed by atoms with Gasteiger partial charge in [0.25, 0.3) is 0 Å². The summed E-state index contributed by atoms with van der Waals surface area (Å²) in [5, 5.41) is 0. The average molecular weight is 394 g/mol. The Morgan fingerprint density at radius 1 is 1.14 bits per heavy atom. The van der Waals surface area contributed by atoms with Crippen LogP contribution in [-0.4, -0.2) is 29.3 Å². The zero-order chi connectivity index (χ0) is 21.0. The zero-order valence-corrected chi connectivity index (χ0v) is 18.7. The van der Waals surface area contributed by atoms with E-state index in [9.17, 15) is 4.79 Å². The van der Waals surface area contributed by atoms with Crippen LogP contribution in [0.1, 0.15) is 63.9 Å². The second-order valence-corrected chi connectivity index (χ2v) is 9.58. The number of aldehydes is 1. The first kappa shape index (κ1) is 21.5. The van der Waals surface area contributed by atoms with Gasteiger partial charge in [0.15, 0.2) is 0 Å². The number of piperidine rings is 1. The summed E-state index contributed by atoms with van der Waals surface area (Å²) in [6.45, 7) is 13.2. The van der Waals surface area contributed by atoms with Gasteiger partial charge in [-0.1, -0.05) is 33.8 Å². The molecule has 0 amide bonds. The summed E-state index contributed by atoms with van der Waals surface area (Å²) >= 11 is 0. The fourth-order valence-electron chi connectivity index (χ4n) is 4.04. The first-order valence-electron chi connectivity index (χ1n) is 10.9. The van der Waals surface area contributed by atoms with Gasteiger partial charge in [-0.25, -0.2) is 0 Å². The minimum Gasteiger partial charge on any atom is -0.371 e. The maximum Gasteiger partial charge on any atom is 0.124 e. The number of pyridine rings is 2. The standard InChI is InChI=1S/C25H35N3O/c1-18(2)6-8-21-9-7-20(16-27-21)23-17-26-19(3)22(10-15-29)24(23)28-13-11-25(4,5)12-14-28/h7,9,15-18H,6,8,10-14H2,1-5H3. The molecule has 2 aromatic rings. The Labute approximate surface area is 175 Å². The minimum atomic E-state index is 0.378. The number of aromatic nitrogens is 2. The van der Waals surface area contributed by atoms with Crippen molar-refractivity contribution in [2.24, 2.45) is 11.3 Å². The van der Waals surface area contributed by atoms with Crippen molar-refractivity contribution in [3.63, 3.8) is 0 Å². The second kappa shape index (κ2) is 9.06.